The molecule has 0 unspecified atom stereocenters. The zero-order valence-corrected chi connectivity index (χ0v) is 17.9. The summed E-state index contributed by atoms with van der Waals surface area (Å²) >= 11 is 0. The molecule has 7 nitrogen and oxygen atoms in total. The maximum Gasteiger partial charge on any atom is 0.244 e. The van der Waals surface area contributed by atoms with Crippen molar-refractivity contribution in [2.24, 2.45) is 0 Å². The first-order chi connectivity index (χ1) is 15.2. The van der Waals surface area contributed by atoms with E-state index in [1.807, 2.05) is 30.3 Å². The van der Waals surface area contributed by atoms with E-state index in [-0.39, 0.29) is 5.91 Å². The van der Waals surface area contributed by atoms with E-state index >= 15 is 0 Å². The number of hydrogen-bond donors (Lipinski definition) is 1. The molecule has 1 aromatic heterocycles. The molecule has 31 heavy (non-hydrogen) atoms. The van der Waals surface area contributed by atoms with E-state index in [0.29, 0.717) is 36.8 Å². The van der Waals surface area contributed by atoms with Gasteiger partial charge in [-0.25, -0.2) is 0 Å². The van der Waals surface area contributed by atoms with Crippen molar-refractivity contribution in [1.29, 1.82) is 0 Å². The number of hydrogen-bond acceptors (Lipinski definition) is 6. The zero-order valence-electron chi connectivity index (χ0n) is 17.9. The minimum atomic E-state index is -0.194. The average molecular weight is 422 g/mol. The number of pyridine rings is 1. The van der Waals surface area contributed by atoms with Gasteiger partial charge in [0.2, 0.25) is 11.7 Å². The SMILES string of the molecule is COc1cc(C=CC(=O)NCCCOc2cccc3cccnc23)cc(OC)c1OC. The number of carbonyl (C=O) groups excluding carboxylic acids is 1. The third kappa shape index (κ3) is 5.66. The number of carbonyl (C=O) groups is 1. The predicted octanol–water partition coefficient (Wildman–Crippen LogP) is 3.86. The monoisotopic (exact) mass is 422 g/mol. The van der Waals surface area contributed by atoms with Crippen LogP contribution in [0.1, 0.15) is 12.0 Å². The number of rotatable bonds is 10. The molecule has 0 spiro atoms. The Hall–Kier alpha value is -3.74. The smallest absolute Gasteiger partial charge is 0.244 e. The molecule has 2 aromatic carbocycles. The van der Waals surface area contributed by atoms with Gasteiger partial charge < -0.3 is 24.3 Å². The number of aromatic nitrogens is 1. The van der Waals surface area contributed by atoms with Crippen molar-refractivity contribution in [3.8, 4) is 23.0 Å². The molecule has 162 valence electrons. The van der Waals surface area contributed by atoms with Gasteiger partial charge in [-0.3, -0.25) is 9.78 Å². The van der Waals surface area contributed by atoms with E-state index in [4.69, 9.17) is 18.9 Å². The molecule has 1 N–H and O–H groups in total. The van der Waals surface area contributed by atoms with E-state index in [9.17, 15) is 4.79 Å². The topological polar surface area (TPSA) is 78.9 Å². The molecule has 0 aliphatic rings. The highest BCUT2D eigenvalue weighted by Crippen LogP contribution is 2.38. The third-order valence-electron chi connectivity index (χ3n) is 4.59. The third-order valence-corrected chi connectivity index (χ3v) is 4.59. The quantitative estimate of drug-likeness (QED) is 0.395. The number of amides is 1. The van der Waals surface area contributed by atoms with Gasteiger partial charge in [-0.2, -0.15) is 0 Å². The first-order valence-electron chi connectivity index (χ1n) is 9.88. The Kier molecular flexibility index (Phi) is 7.70. The first kappa shape index (κ1) is 22.0. The predicted molar refractivity (Wildman–Crippen MR) is 120 cm³/mol. The number of nitrogens with zero attached hydrogens (tertiary/aromatic N) is 1. The highest BCUT2D eigenvalue weighted by molar-refractivity contribution is 5.91. The lowest BCUT2D eigenvalue weighted by atomic mass is 10.1. The minimum Gasteiger partial charge on any atom is -0.493 e. The average Bonchev–Trinajstić information content (AvgIpc) is 2.81. The van der Waals surface area contributed by atoms with Gasteiger partial charge >= 0.3 is 0 Å². The molecule has 0 saturated heterocycles. The number of methoxy groups -OCH3 is 3. The van der Waals surface area contributed by atoms with E-state index in [0.717, 1.165) is 22.2 Å². The lowest BCUT2D eigenvalue weighted by molar-refractivity contribution is -0.116. The first-order valence-corrected chi connectivity index (χ1v) is 9.88. The number of nitrogens with one attached hydrogen (secondary N) is 1. The summed E-state index contributed by atoms with van der Waals surface area (Å²) in [5, 5.41) is 3.88. The molecule has 3 aromatic rings. The van der Waals surface area contributed by atoms with Crippen LogP contribution >= 0.6 is 0 Å². The molecule has 0 aliphatic heterocycles. The molecule has 1 heterocycles. The van der Waals surface area contributed by atoms with E-state index < -0.39 is 0 Å². The molecule has 0 atom stereocenters. The lowest BCUT2D eigenvalue weighted by Crippen LogP contribution is -2.23. The number of fused-ring (bicyclic) bond motifs is 1. The number of benzene rings is 2. The van der Waals surface area contributed by atoms with Crippen molar-refractivity contribution in [2.75, 3.05) is 34.5 Å². The Morgan fingerprint density at radius 2 is 1.74 bits per heavy atom. The molecular formula is C24H26N2O5. The molecule has 0 bridgehead atoms. The van der Waals surface area contributed by atoms with E-state index in [1.165, 1.54) is 6.08 Å². The van der Waals surface area contributed by atoms with Crippen molar-refractivity contribution < 1.29 is 23.7 Å². The minimum absolute atomic E-state index is 0.194. The number of para-hydroxylation sites is 1. The molecule has 7 heteroatoms. The highest BCUT2D eigenvalue weighted by Gasteiger charge is 2.12. The second kappa shape index (κ2) is 10.9. The second-order valence-electron chi connectivity index (χ2n) is 6.62. The lowest BCUT2D eigenvalue weighted by Gasteiger charge is -2.12. The van der Waals surface area contributed by atoms with Crippen LogP contribution in [-0.2, 0) is 4.79 Å². The van der Waals surface area contributed by atoms with E-state index in [1.54, 1.807) is 45.7 Å². The van der Waals surface area contributed by atoms with Crippen LogP contribution in [0.5, 0.6) is 23.0 Å². The summed E-state index contributed by atoms with van der Waals surface area (Å²) in [4.78, 5) is 16.5. The van der Waals surface area contributed by atoms with Crippen LogP contribution in [0.2, 0.25) is 0 Å². The van der Waals surface area contributed by atoms with E-state index in [2.05, 4.69) is 10.3 Å². The van der Waals surface area contributed by atoms with Crippen molar-refractivity contribution in [3.05, 3.63) is 60.3 Å². The molecule has 0 radical (unpaired) electrons. The van der Waals surface area contributed by atoms with Crippen molar-refractivity contribution in [1.82, 2.24) is 10.3 Å². The summed E-state index contributed by atoms with van der Waals surface area (Å²) in [6.07, 6.45) is 5.58. The normalized spacial score (nSPS) is 10.8. The summed E-state index contributed by atoms with van der Waals surface area (Å²) < 4.78 is 21.8. The molecule has 0 aliphatic carbocycles. The van der Waals surface area contributed by atoms with Crippen LogP contribution < -0.4 is 24.3 Å². The van der Waals surface area contributed by atoms with Crippen molar-refractivity contribution in [3.63, 3.8) is 0 Å². The second-order valence-corrected chi connectivity index (χ2v) is 6.62. The van der Waals surface area contributed by atoms with Gasteiger partial charge in [0, 0.05) is 24.2 Å². The fourth-order valence-electron chi connectivity index (χ4n) is 3.09. The maximum absolute atomic E-state index is 12.1. The van der Waals surface area contributed by atoms with Gasteiger partial charge in [0.25, 0.3) is 0 Å². The Balaban J connectivity index is 1.48. The van der Waals surface area contributed by atoms with Crippen LogP contribution in [-0.4, -0.2) is 45.4 Å². The van der Waals surface area contributed by atoms with Crippen LogP contribution in [0.3, 0.4) is 0 Å². The maximum atomic E-state index is 12.1. The molecular weight excluding hydrogens is 396 g/mol. The highest BCUT2D eigenvalue weighted by atomic mass is 16.5. The summed E-state index contributed by atoms with van der Waals surface area (Å²) in [6.45, 7) is 0.975. The number of ether oxygens (including phenoxy) is 4. The zero-order chi connectivity index (χ0) is 22.1. The van der Waals surface area contributed by atoms with Gasteiger partial charge in [-0.05, 0) is 42.3 Å². The molecule has 0 fully saturated rings. The van der Waals surface area contributed by atoms with Gasteiger partial charge in [0.15, 0.2) is 11.5 Å². The molecule has 0 saturated carbocycles. The summed E-state index contributed by atoms with van der Waals surface area (Å²) in [7, 11) is 4.64. The van der Waals surface area contributed by atoms with Gasteiger partial charge in [0.1, 0.15) is 11.3 Å². The van der Waals surface area contributed by atoms with Gasteiger partial charge in [0.05, 0.1) is 27.9 Å². The summed E-state index contributed by atoms with van der Waals surface area (Å²) in [5.41, 5.74) is 1.60. The summed E-state index contributed by atoms with van der Waals surface area (Å²) in [6, 6.07) is 13.3. The largest absolute Gasteiger partial charge is 0.493 e. The Bertz CT molecular complexity index is 1030. The molecule has 3 rings (SSSR count). The van der Waals surface area contributed by atoms with Gasteiger partial charge in [-0.15, -0.1) is 0 Å². The van der Waals surface area contributed by atoms with Crippen LogP contribution in [0.25, 0.3) is 17.0 Å². The Morgan fingerprint density at radius 1 is 1.00 bits per heavy atom. The fourth-order valence-corrected chi connectivity index (χ4v) is 3.09. The van der Waals surface area contributed by atoms with Crippen molar-refractivity contribution in [2.45, 2.75) is 6.42 Å². The van der Waals surface area contributed by atoms with Gasteiger partial charge in [-0.1, -0.05) is 18.2 Å². The summed E-state index contributed by atoms with van der Waals surface area (Å²) in [5.74, 6) is 2.12. The Labute approximate surface area is 181 Å². The van der Waals surface area contributed by atoms with Crippen LogP contribution in [0.4, 0.5) is 0 Å². The Morgan fingerprint density at radius 3 is 2.45 bits per heavy atom. The fraction of sp³-hybridized carbons (Fsp3) is 0.250. The van der Waals surface area contributed by atoms with Crippen LogP contribution in [0, 0.1) is 0 Å². The molecule has 1 amide bonds. The standard InChI is InChI=1S/C24H26N2O5/c1-28-20-15-17(16-21(29-2)24(20)30-3)10-11-22(27)25-13-6-14-31-19-9-4-7-18-8-5-12-26-23(18)19/h4-5,7-12,15-16H,6,13-14H2,1-3H3,(H,25,27). The van der Waals surface area contributed by atoms with Crippen LogP contribution in [0.15, 0.2) is 54.7 Å². The van der Waals surface area contributed by atoms with Crippen molar-refractivity contribution >= 4 is 22.9 Å².